The number of para-hydroxylation sites is 1. The van der Waals surface area contributed by atoms with E-state index >= 15 is 0 Å². The predicted octanol–water partition coefficient (Wildman–Crippen LogP) is 4.07. The van der Waals surface area contributed by atoms with Gasteiger partial charge in [-0.15, -0.1) is 0 Å². The van der Waals surface area contributed by atoms with Gasteiger partial charge < -0.3 is 24.4 Å². The zero-order chi connectivity index (χ0) is 23.3. The Kier molecular flexibility index (Phi) is 5.90. The minimum atomic E-state index is -0.639. The van der Waals surface area contributed by atoms with E-state index in [0.29, 0.717) is 13.1 Å². The third kappa shape index (κ3) is 4.58. The number of carbonyl (C=O) groups excluding carboxylic acids is 2. The molecule has 1 aromatic rings. The highest BCUT2D eigenvalue weighted by atomic mass is 16.6. The lowest BCUT2D eigenvalue weighted by Gasteiger charge is -2.53. The van der Waals surface area contributed by atoms with Gasteiger partial charge in [-0.05, 0) is 60.5 Å². The van der Waals surface area contributed by atoms with Crippen LogP contribution in [0.15, 0.2) is 24.3 Å². The topological polar surface area (TPSA) is 77.1 Å². The Balaban J connectivity index is 1.42. The molecule has 0 spiro atoms. The van der Waals surface area contributed by atoms with Crippen LogP contribution in [0.25, 0.3) is 0 Å². The second-order valence-corrected chi connectivity index (χ2v) is 10.9. The van der Waals surface area contributed by atoms with E-state index in [0.717, 1.165) is 24.2 Å². The highest BCUT2D eigenvalue weighted by Crippen LogP contribution is 2.52. The van der Waals surface area contributed by atoms with E-state index in [9.17, 15) is 9.59 Å². The van der Waals surface area contributed by atoms with Crippen LogP contribution in [-0.4, -0.2) is 53.3 Å². The van der Waals surface area contributed by atoms with E-state index in [1.165, 1.54) is 0 Å². The zero-order valence-corrected chi connectivity index (χ0v) is 20.0. The van der Waals surface area contributed by atoms with Crippen LogP contribution in [0.5, 0.6) is 5.75 Å². The maximum atomic E-state index is 13.0. The molecular weight excluding hydrogens is 408 g/mol. The molecule has 2 saturated heterocycles. The summed E-state index contributed by atoms with van der Waals surface area (Å²) in [6.45, 7) is 12.6. The lowest BCUT2D eigenvalue weighted by Crippen LogP contribution is -2.57. The third-order valence-electron chi connectivity index (χ3n) is 6.81. The summed E-state index contributed by atoms with van der Waals surface area (Å²) < 4.78 is 18.3. The SMILES string of the molecule is C[C@@H](NC(=O)OC(C)(C)C)C(=O)N1CC[C@H]2O[C@H]3c4ccccc4OC(C)(C)[C@@H]3C[C@H]2C1. The molecular formula is C25H36N2O5. The minimum Gasteiger partial charge on any atom is -0.487 e. The quantitative estimate of drug-likeness (QED) is 0.744. The fraction of sp³-hybridized carbons (Fsp3) is 0.680. The van der Waals surface area contributed by atoms with E-state index in [1.807, 2.05) is 23.1 Å². The number of hydrogen-bond donors (Lipinski definition) is 1. The Hall–Kier alpha value is -2.28. The lowest BCUT2D eigenvalue weighted by atomic mass is 9.70. The number of rotatable bonds is 2. The summed E-state index contributed by atoms with van der Waals surface area (Å²) in [5, 5.41) is 2.67. The highest BCUT2D eigenvalue weighted by Gasteiger charge is 2.51. The summed E-state index contributed by atoms with van der Waals surface area (Å²) in [7, 11) is 0. The van der Waals surface area contributed by atoms with Gasteiger partial charge in [-0.25, -0.2) is 4.79 Å². The van der Waals surface area contributed by atoms with Crippen molar-refractivity contribution in [2.75, 3.05) is 13.1 Å². The van der Waals surface area contributed by atoms with Crippen LogP contribution in [0, 0.1) is 11.8 Å². The van der Waals surface area contributed by atoms with Gasteiger partial charge in [-0.1, -0.05) is 18.2 Å². The van der Waals surface area contributed by atoms with Crippen molar-refractivity contribution in [2.24, 2.45) is 11.8 Å². The Bertz CT molecular complexity index is 877. The minimum absolute atomic E-state index is 0.0196. The van der Waals surface area contributed by atoms with E-state index in [4.69, 9.17) is 14.2 Å². The number of carbonyl (C=O) groups is 2. The number of nitrogens with one attached hydrogen (secondary N) is 1. The van der Waals surface area contributed by atoms with Crippen molar-refractivity contribution < 1.29 is 23.8 Å². The second-order valence-electron chi connectivity index (χ2n) is 10.9. The molecule has 0 radical (unpaired) electrons. The molecule has 3 aliphatic rings. The molecule has 1 aromatic carbocycles. The van der Waals surface area contributed by atoms with Crippen LogP contribution < -0.4 is 10.1 Å². The summed E-state index contributed by atoms with van der Waals surface area (Å²) in [6, 6.07) is 7.51. The van der Waals surface area contributed by atoms with Crippen LogP contribution >= 0.6 is 0 Å². The molecule has 4 rings (SSSR count). The van der Waals surface area contributed by atoms with Crippen molar-refractivity contribution in [1.29, 1.82) is 0 Å². The summed E-state index contributed by atoms with van der Waals surface area (Å²) in [4.78, 5) is 27.0. The van der Waals surface area contributed by atoms with E-state index in [1.54, 1.807) is 27.7 Å². The summed E-state index contributed by atoms with van der Waals surface area (Å²) in [5.41, 5.74) is 0.181. The molecule has 7 heteroatoms. The molecule has 3 heterocycles. The molecule has 0 unspecified atom stereocenters. The summed E-state index contributed by atoms with van der Waals surface area (Å²) in [6.07, 6.45) is 1.30. The van der Waals surface area contributed by atoms with Crippen molar-refractivity contribution in [3.05, 3.63) is 29.8 Å². The number of likely N-dealkylation sites (tertiary alicyclic amines) is 1. The van der Waals surface area contributed by atoms with Gasteiger partial charge in [0.25, 0.3) is 0 Å². The molecule has 176 valence electrons. The first-order valence-corrected chi connectivity index (χ1v) is 11.7. The first kappa shape index (κ1) is 22.9. The molecule has 3 aliphatic heterocycles. The molecule has 5 atom stereocenters. The third-order valence-corrected chi connectivity index (χ3v) is 6.81. The molecule has 32 heavy (non-hydrogen) atoms. The fourth-order valence-corrected chi connectivity index (χ4v) is 5.28. The van der Waals surface area contributed by atoms with Crippen LogP contribution in [0.1, 0.15) is 66.1 Å². The monoisotopic (exact) mass is 444 g/mol. The Morgan fingerprint density at radius 2 is 1.97 bits per heavy atom. The molecule has 0 bridgehead atoms. The zero-order valence-electron chi connectivity index (χ0n) is 20.0. The number of amides is 2. The Morgan fingerprint density at radius 1 is 1.25 bits per heavy atom. The Morgan fingerprint density at radius 3 is 2.69 bits per heavy atom. The number of benzene rings is 1. The van der Waals surface area contributed by atoms with Crippen LogP contribution in [0.2, 0.25) is 0 Å². The van der Waals surface area contributed by atoms with Crippen LogP contribution in [0.3, 0.4) is 0 Å². The standard InChI is InChI=1S/C25H36N2O5/c1-15(26-23(29)32-24(2,3)4)22(28)27-12-11-19-16(14-27)13-18-21(30-19)17-9-7-8-10-20(17)31-25(18,5)6/h7-10,15-16,18-19,21H,11-14H2,1-6H3,(H,26,29)/t15-,16+,18-,19-,21+/m1/s1. The van der Waals surface area contributed by atoms with Gasteiger partial charge in [0.15, 0.2) is 0 Å². The van der Waals surface area contributed by atoms with Crippen molar-refractivity contribution in [1.82, 2.24) is 10.2 Å². The van der Waals surface area contributed by atoms with Gasteiger partial charge in [-0.3, -0.25) is 4.79 Å². The van der Waals surface area contributed by atoms with E-state index in [-0.39, 0.29) is 35.6 Å². The van der Waals surface area contributed by atoms with E-state index in [2.05, 4.69) is 25.2 Å². The largest absolute Gasteiger partial charge is 0.487 e. The predicted molar refractivity (Wildman–Crippen MR) is 120 cm³/mol. The lowest BCUT2D eigenvalue weighted by molar-refractivity contribution is -0.189. The number of hydrogen-bond acceptors (Lipinski definition) is 5. The molecule has 2 fully saturated rings. The van der Waals surface area contributed by atoms with Crippen molar-refractivity contribution in [3.8, 4) is 5.75 Å². The van der Waals surface area contributed by atoms with Gasteiger partial charge in [0.05, 0.1) is 12.2 Å². The van der Waals surface area contributed by atoms with E-state index < -0.39 is 17.7 Å². The maximum absolute atomic E-state index is 13.0. The average Bonchev–Trinajstić information content (AvgIpc) is 2.70. The summed E-state index contributed by atoms with van der Waals surface area (Å²) >= 11 is 0. The van der Waals surface area contributed by atoms with Gasteiger partial charge in [-0.2, -0.15) is 0 Å². The molecule has 0 saturated carbocycles. The van der Waals surface area contributed by atoms with Crippen LogP contribution in [-0.2, 0) is 14.3 Å². The van der Waals surface area contributed by atoms with Gasteiger partial charge in [0.1, 0.15) is 23.0 Å². The van der Waals surface area contributed by atoms with Crippen molar-refractivity contribution >= 4 is 12.0 Å². The van der Waals surface area contributed by atoms with Crippen molar-refractivity contribution in [2.45, 2.75) is 83.8 Å². The first-order valence-electron chi connectivity index (χ1n) is 11.7. The molecule has 2 amide bonds. The maximum Gasteiger partial charge on any atom is 0.408 e. The molecule has 1 N–H and O–H groups in total. The number of fused-ring (bicyclic) bond motifs is 4. The summed E-state index contributed by atoms with van der Waals surface area (Å²) in [5.74, 6) is 1.29. The van der Waals surface area contributed by atoms with Gasteiger partial charge in [0, 0.05) is 30.5 Å². The van der Waals surface area contributed by atoms with Gasteiger partial charge in [0.2, 0.25) is 5.91 Å². The number of ether oxygens (including phenoxy) is 3. The molecule has 7 nitrogen and oxygen atoms in total. The molecule has 0 aliphatic carbocycles. The second kappa shape index (κ2) is 8.25. The number of nitrogens with zero attached hydrogens (tertiary/aromatic N) is 1. The first-order chi connectivity index (χ1) is 14.9. The number of alkyl carbamates (subject to hydrolysis) is 1. The fourth-order valence-electron chi connectivity index (χ4n) is 5.28. The highest BCUT2D eigenvalue weighted by molar-refractivity contribution is 5.85. The van der Waals surface area contributed by atoms with Crippen LogP contribution in [0.4, 0.5) is 4.79 Å². The van der Waals surface area contributed by atoms with Gasteiger partial charge >= 0.3 is 6.09 Å². The molecule has 0 aromatic heterocycles. The smallest absolute Gasteiger partial charge is 0.408 e. The van der Waals surface area contributed by atoms with Crippen molar-refractivity contribution in [3.63, 3.8) is 0 Å². The normalized spacial score (nSPS) is 29.5. The number of piperidine rings is 1. The average molecular weight is 445 g/mol. The Labute approximate surface area is 190 Å².